The maximum atomic E-state index is 11.8. The molecule has 1 amide bonds. The van der Waals surface area contributed by atoms with Crippen molar-refractivity contribution < 1.29 is 9.90 Å². The van der Waals surface area contributed by atoms with E-state index in [1.807, 2.05) is 0 Å². The van der Waals surface area contributed by atoms with Gasteiger partial charge in [-0.3, -0.25) is 4.79 Å². The van der Waals surface area contributed by atoms with Crippen LogP contribution in [0.3, 0.4) is 0 Å². The van der Waals surface area contributed by atoms with E-state index in [4.69, 9.17) is 0 Å². The first-order valence-electron chi connectivity index (χ1n) is 6.16. The van der Waals surface area contributed by atoms with Crippen LogP contribution in [0.25, 0.3) is 0 Å². The van der Waals surface area contributed by atoms with Crippen LogP contribution in [0.5, 0.6) is 5.75 Å². The number of benzene rings is 1. The summed E-state index contributed by atoms with van der Waals surface area (Å²) >= 11 is 3.19. The summed E-state index contributed by atoms with van der Waals surface area (Å²) in [6.45, 7) is 3.81. The number of phenolic OH excluding ortho intramolecular Hbond substituents is 1. The SMILES string of the molecule is O=C(NCCN1CCCC1)c1ccc(Br)c(O)c1. The van der Waals surface area contributed by atoms with Crippen molar-refractivity contribution >= 4 is 21.8 Å². The van der Waals surface area contributed by atoms with Crippen LogP contribution in [-0.2, 0) is 0 Å². The number of likely N-dealkylation sites (tertiary alicyclic amines) is 1. The standard InChI is InChI=1S/C13H17BrN2O2/c14-11-4-3-10(9-12(11)17)13(18)15-5-8-16-6-1-2-7-16/h3-4,9,17H,1-2,5-8H2,(H,15,18). The molecule has 0 saturated carbocycles. The van der Waals surface area contributed by atoms with Gasteiger partial charge >= 0.3 is 0 Å². The molecular weight excluding hydrogens is 296 g/mol. The third-order valence-electron chi connectivity index (χ3n) is 3.12. The first-order valence-corrected chi connectivity index (χ1v) is 6.95. The Kier molecular flexibility index (Phi) is 4.60. The van der Waals surface area contributed by atoms with Crippen molar-refractivity contribution in [3.05, 3.63) is 28.2 Å². The predicted molar refractivity (Wildman–Crippen MR) is 73.8 cm³/mol. The van der Waals surface area contributed by atoms with E-state index >= 15 is 0 Å². The number of halogens is 1. The minimum absolute atomic E-state index is 0.0854. The molecule has 0 radical (unpaired) electrons. The molecule has 1 aromatic rings. The van der Waals surface area contributed by atoms with Crippen LogP contribution in [0.15, 0.2) is 22.7 Å². The second kappa shape index (κ2) is 6.20. The van der Waals surface area contributed by atoms with E-state index < -0.39 is 0 Å². The fourth-order valence-corrected chi connectivity index (χ4v) is 2.34. The number of nitrogens with zero attached hydrogens (tertiary/aromatic N) is 1. The third kappa shape index (κ3) is 3.46. The van der Waals surface area contributed by atoms with Gasteiger partial charge < -0.3 is 15.3 Å². The largest absolute Gasteiger partial charge is 0.507 e. The van der Waals surface area contributed by atoms with Crippen LogP contribution in [0.4, 0.5) is 0 Å². The van der Waals surface area contributed by atoms with Gasteiger partial charge in [-0.2, -0.15) is 0 Å². The lowest BCUT2D eigenvalue weighted by atomic mass is 10.2. The number of hydrogen-bond donors (Lipinski definition) is 2. The molecule has 1 aliphatic rings. The number of rotatable bonds is 4. The topological polar surface area (TPSA) is 52.6 Å². The van der Waals surface area contributed by atoms with Gasteiger partial charge in [0.2, 0.25) is 0 Å². The van der Waals surface area contributed by atoms with Gasteiger partial charge in [0.25, 0.3) is 5.91 Å². The molecular formula is C13H17BrN2O2. The van der Waals surface area contributed by atoms with Crippen molar-refractivity contribution in [2.45, 2.75) is 12.8 Å². The lowest BCUT2D eigenvalue weighted by Gasteiger charge is -2.14. The molecule has 2 N–H and O–H groups in total. The second-order valence-corrected chi connectivity index (χ2v) is 5.33. The van der Waals surface area contributed by atoms with E-state index in [1.165, 1.54) is 18.9 Å². The first-order chi connectivity index (χ1) is 8.66. The van der Waals surface area contributed by atoms with E-state index in [9.17, 15) is 9.90 Å². The Labute approximate surface area is 115 Å². The Morgan fingerprint density at radius 2 is 2.11 bits per heavy atom. The van der Waals surface area contributed by atoms with Crippen molar-refractivity contribution in [2.24, 2.45) is 0 Å². The Bertz CT molecular complexity index is 431. The van der Waals surface area contributed by atoms with Crippen molar-refractivity contribution in [3.63, 3.8) is 0 Å². The lowest BCUT2D eigenvalue weighted by molar-refractivity contribution is 0.0949. The van der Waals surface area contributed by atoms with Crippen molar-refractivity contribution in [1.82, 2.24) is 10.2 Å². The minimum Gasteiger partial charge on any atom is -0.507 e. The molecule has 2 rings (SSSR count). The van der Waals surface area contributed by atoms with E-state index in [-0.39, 0.29) is 11.7 Å². The fourth-order valence-electron chi connectivity index (χ4n) is 2.09. The van der Waals surface area contributed by atoms with Crippen LogP contribution >= 0.6 is 15.9 Å². The number of carbonyl (C=O) groups excluding carboxylic acids is 1. The zero-order valence-electron chi connectivity index (χ0n) is 10.2. The zero-order valence-corrected chi connectivity index (χ0v) is 11.7. The Hall–Kier alpha value is -1.07. The smallest absolute Gasteiger partial charge is 0.251 e. The van der Waals surface area contributed by atoms with Gasteiger partial charge in [0.1, 0.15) is 5.75 Å². The molecule has 5 heteroatoms. The van der Waals surface area contributed by atoms with Gasteiger partial charge in [-0.05, 0) is 60.1 Å². The molecule has 0 spiro atoms. The van der Waals surface area contributed by atoms with Crippen molar-refractivity contribution in [1.29, 1.82) is 0 Å². The van der Waals surface area contributed by atoms with Gasteiger partial charge in [-0.25, -0.2) is 0 Å². The van der Waals surface area contributed by atoms with Crippen LogP contribution in [0.2, 0.25) is 0 Å². The number of nitrogens with one attached hydrogen (secondary N) is 1. The fraction of sp³-hybridized carbons (Fsp3) is 0.462. The number of phenols is 1. The van der Waals surface area contributed by atoms with Gasteiger partial charge in [-0.15, -0.1) is 0 Å². The predicted octanol–water partition coefficient (Wildman–Crippen LogP) is 1.98. The summed E-state index contributed by atoms with van der Waals surface area (Å²) in [7, 11) is 0. The molecule has 1 aliphatic heterocycles. The van der Waals surface area contributed by atoms with Crippen LogP contribution in [0, 0.1) is 0 Å². The monoisotopic (exact) mass is 312 g/mol. The summed E-state index contributed by atoms with van der Waals surface area (Å²) in [5, 5.41) is 12.4. The minimum atomic E-state index is -0.142. The average Bonchev–Trinajstić information content (AvgIpc) is 2.85. The van der Waals surface area contributed by atoms with E-state index in [0.29, 0.717) is 16.6 Å². The van der Waals surface area contributed by atoms with E-state index in [1.54, 1.807) is 12.1 Å². The molecule has 1 heterocycles. The molecule has 1 fully saturated rings. The molecule has 98 valence electrons. The maximum absolute atomic E-state index is 11.8. The van der Waals surface area contributed by atoms with Gasteiger partial charge in [-0.1, -0.05) is 0 Å². The summed E-state index contributed by atoms with van der Waals surface area (Å²) in [6, 6.07) is 4.83. The highest BCUT2D eigenvalue weighted by Gasteiger charge is 2.12. The molecule has 0 aliphatic carbocycles. The summed E-state index contributed by atoms with van der Waals surface area (Å²) < 4.78 is 0.594. The lowest BCUT2D eigenvalue weighted by Crippen LogP contribution is -2.33. The summed E-state index contributed by atoms with van der Waals surface area (Å²) in [5.41, 5.74) is 0.483. The van der Waals surface area contributed by atoms with Crippen LogP contribution in [0.1, 0.15) is 23.2 Å². The first kappa shape index (κ1) is 13.4. The number of amides is 1. The summed E-state index contributed by atoms with van der Waals surface area (Å²) in [6.07, 6.45) is 2.52. The second-order valence-electron chi connectivity index (χ2n) is 4.47. The van der Waals surface area contributed by atoms with E-state index in [0.717, 1.165) is 19.6 Å². The quantitative estimate of drug-likeness (QED) is 0.894. The average molecular weight is 313 g/mol. The van der Waals surface area contributed by atoms with Crippen LogP contribution in [-0.4, -0.2) is 42.1 Å². The summed E-state index contributed by atoms with van der Waals surface area (Å²) in [4.78, 5) is 14.2. The van der Waals surface area contributed by atoms with E-state index in [2.05, 4.69) is 26.1 Å². The number of carbonyl (C=O) groups is 1. The Morgan fingerprint density at radius 1 is 1.39 bits per heavy atom. The highest BCUT2D eigenvalue weighted by Crippen LogP contribution is 2.24. The zero-order chi connectivity index (χ0) is 13.0. The highest BCUT2D eigenvalue weighted by molar-refractivity contribution is 9.10. The molecule has 0 aromatic heterocycles. The van der Waals surface area contributed by atoms with Gasteiger partial charge in [0, 0.05) is 18.7 Å². The molecule has 0 unspecified atom stereocenters. The summed E-state index contributed by atoms with van der Waals surface area (Å²) in [5.74, 6) is -0.0563. The molecule has 1 aromatic carbocycles. The molecule has 1 saturated heterocycles. The number of aromatic hydroxyl groups is 1. The van der Waals surface area contributed by atoms with Crippen molar-refractivity contribution in [3.8, 4) is 5.75 Å². The van der Waals surface area contributed by atoms with Gasteiger partial charge in [0.15, 0.2) is 0 Å². The van der Waals surface area contributed by atoms with Crippen LogP contribution < -0.4 is 5.32 Å². The highest BCUT2D eigenvalue weighted by atomic mass is 79.9. The Morgan fingerprint density at radius 3 is 2.78 bits per heavy atom. The molecule has 0 atom stereocenters. The van der Waals surface area contributed by atoms with Gasteiger partial charge in [0.05, 0.1) is 4.47 Å². The Balaban J connectivity index is 1.81. The normalized spacial score (nSPS) is 15.8. The van der Waals surface area contributed by atoms with Crippen molar-refractivity contribution in [2.75, 3.05) is 26.2 Å². The molecule has 18 heavy (non-hydrogen) atoms. The molecule has 0 bridgehead atoms. The maximum Gasteiger partial charge on any atom is 0.251 e. The third-order valence-corrected chi connectivity index (χ3v) is 3.79. The number of hydrogen-bond acceptors (Lipinski definition) is 3. The molecule has 4 nitrogen and oxygen atoms in total.